The van der Waals surface area contributed by atoms with E-state index in [1.165, 1.54) is 10.5 Å². The van der Waals surface area contributed by atoms with Crippen LogP contribution >= 0.6 is 23.1 Å². The van der Waals surface area contributed by atoms with E-state index in [9.17, 15) is 4.79 Å². The molecule has 0 saturated carbocycles. The predicted octanol–water partition coefficient (Wildman–Crippen LogP) is 6.63. The van der Waals surface area contributed by atoms with Gasteiger partial charge in [-0.1, -0.05) is 65.9 Å². The zero-order chi connectivity index (χ0) is 20.9. The van der Waals surface area contributed by atoms with Crippen LogP contribution in [0.1, 0.15) is 23.1 Å². The van der Waals surface area contributed by atoms with Crippen LogP contribution in [0, 0.1) is 13.8 Å². The smallest absolute Gasteiger partial charge is 0.229 e. The van der Waals surface area contributed by atoms with Crippen molar-refractivity contribution in [2.24, 2.45) is 0 Å². The minimum Gasteiger partial charge on any atom is -0.284 e. The van der Waals surface area contributed by atoms with Crippen molar-refractivity contribution < 1.29 is 4.79 Å². The van der Waals surface area contributed by atoms with Crippen molar-refractivity contribution in [3.8, 4) is 0 Å². The molecule has 0 bridgehead atoms. The highest BCUT2D eigenvalue weighted by molar-refractivity contribution is 7.99. The number of nitrogens with zero attached hydrogens (tertiary/aromatic N) is 2. The standard InChI is InChI=1S/C25H24N2OS2/c1-18-15-19(2)24-22(16-18)30-25(26-24)27(17-20-9-5-3-6-10-20)23(28)13-14-29-21-11-7-4-8-12-21/h3-12,15-16H,13-14,17H2,1-2H3. The van der Waals surface area contributed by atoms with Crippen LogP contribution in [0.25, 0.3) is 10.2 Å². The molecule has 30 heavy (non-hydrogen) atoms. The number of thiazole rings is 1. The lowest BCUT2D eigenvalue weighted by Crippen LogP contribution is -2.30. The van der Waals surface area contributed by atoms with Crippen LogP contribution in [0.2, 0.25) is 0 Å². The summed E-state index contributed by atoms with van der Waals surface area (Å²) in [5, 5.41) is 0.775. The highest BCUT2D eigenvalue weighted by atomic mass is 32.2. The predicted molar refractivity (Wildman–Crippen MR) is 129 cm³/mol. The summed E-state index contributed by atoms with van der Waals surface area (Å²) in [7, 11) is 0. The van der Waals surface area contributed by atoms with Crippen LogP contribution < -0.4 is 4.90 Å². The van der Waals surface area contributed by atoms with Crippen LogP contribution in [-0.2, 0) is 11.3 Å². The number of rotatable bonds is 7. The van der Waals surface area contributed by atoms with E-state index in [4.69, 9.17) is 4.98 Å². The Bertz CT molecular complexity index is 1140. The van der Waals surface area contributed by atoms with E-state index in [-0.39, 0.29) is 5.91 Å². The highest BCUT2D eigenvalue weighted by Gasteiger charge is 2.20. The summed E-state index contributed by atoms with van der Waals surface area (Å²) in [5.41, 5.74) is 4.47. The first-order valence-corrected chi connectivity index (χ1v) is 11.8. The normalized spacial score (nSPS) is 11.0. The number of hydrogen-bond acceptors (Lipinski definition) is 4. The van der Waals surface area contributed by atoms with Crippen LogP contribution in [0.15, 0.2) is 77.7 Å². The van der Waals surface area contributed by atoms with Crippen molar-refractivity contribution in [3.05, 3.63) is 89.5 Å². The molecule has 4 aromatic rings. The quantitative estimate of drug-likeness (QED) is 0.307. The molecular formula is C25H24N2OS2. The lowest BCUT2D eigenvalue weighted by atomic mass is 10.1. The van der Waals surface area contributed by atoms with Crippen LogP contribution in [0.3, 0.4) is 0 Å². The zero-order valence-electron chi connectivity index (χ0n) is 17.2. The fourth-order valence-electron chi connectivity index (χ4n) is 3.41. The Morgan fingerprint density at radius 1 is 1.00 bits per heavy atom. The molecule has 152 valence electrons. The molecule has 0 aliphatic heterocycles. The van der Waals surface area contributed by atoms with Gasteiger partial charge in [-0.15, -0.1) is 11.8 Å². The molecule has 4 rings (SSSR count). The lowest BCUT2D eigenvalue weighted by molar-refractivity contribution is -0.118. The average molecular weight is 433 g/mol. The third-order valence-electron chi connectivity index (χ3n) is 4.86. The topological polar surface area (TPSA) is 33.2 Å². The monoisotopic (exact) mass is 432 g/mol. The zero-order valence-corrected chi connectivity index (χ0v) is 18.8. The molecule has 0 aliphatic rings. The third-order valence-corrected chi connectivity index (χ3v) is 6.90. The van der Waals surface area contributed by atoms with Crippen molar-refractivity contribution in [2.75, 3.05) is 10.7 Å². The molecule has 0 unspecified atom stereocenters. The summed E-state index contributed by atoms with van der Waals surface area (Å²) in [6, 6.07) is 24.6. The van der Waals surface area contributed by atoms with Crippen LogP contribution in [0.4, 0.5) is 5.13 Å². The van der Waals surface area contributed by atoms with Gasteiger partial charge in [-0.2, -0.15) is 0 Å². The Kier molecular flexibility index (Phi) is 6.50. The van der Waals surface area contributed by atoms with Crippen molar-refractivity contribution in [1.29, 1.82) is 0 Å². The number of fused-ring (bicyclic) bond motifs is 1. The van der Waals surface area contributed by atoms with Gasteiger partial charge < -0.3 is 0 Å². The van der Waals surface area contributed by atoms with Crippen molar-refractivity contribution in [3.63, 3.8) is 0 Å². The van der Waals surface area contributed by atoms with Gasteiger partial charge in [0.05, 0.1) is 16.8 Å². The van der Waals surface area contributed by atoms with Crippen LogP contribution in [-0.4, -0.2) is 16.6 Å². The van der Waals surface area contributed by atoms with Gasteiger partial charge >= 0.3 is 0 Å². The Morgan fingerprint density at radius 3 is 2.43 bits per heavy atom. The van der Waals surface area contributed by atoms with Gasteiger partial charge in [-0.3, -0.25) is 9.69 Å². The summed E-state index contributed by atoms with van der Waals surface area (Å²) in [6.07, 6.45) is 0.473. The summed E-state index contributed by atoms with van der Waals surface area (Å²) >= 11 is 3.31. The maximum absolute atomic E-state index is 13.2. The number of carbonyl (C=O) groups excluding carboxylic acids is 1. The number of thioether (sulfide) groups is 1. The second kappa shape index (κ2) is 9.45. The van der Waals surface area contributed by atoms with Gasteiger partial charge in [0.1, 0.15) is 0 Å². The molecule has 0 spiro atoms. The molecule has 0 radical (unpaired) electrons. The summed E-state index contributed by atoms with van der Waals surface area (Å²) in [5.74, 6) is 0.854. The minimum absolute atomic E-state index is 0.107. The van der Waals surface area contributed by atoms with E-state index >= 15 is 0 Å². The second-order valence-electron chi connectivity index (χ2n) is 7.30. The first kappa shape index (κ1) is 20.6. The molecule has 5 heteroatoms. The lowest BCUT2D eigenvalue weighted by Gasteiger charge is -2.20. The number of benzene rings is 3. The summed E-state index contributed by atoms with van der Waals surface area (Å²) in [6.45, 7) is 4.71. The maximum atomic E-state index is 13.2. The van der Waals surface area contributed by atoms with E-state index < -0.39 is 0 Å². The SMILES string of the molecule is Cc1cc(C)c2nc(N(Cc3ccccc3)C(=O)CCSc3ccccc3)sc2c1. The Morgan fingerprint density at radius 2 is 1.70 bits per heavy atom. The van der Waals surface area contributed by atoms with Gasteiger partial charge in [-0.25, -0.2) is 4.98 Å². The number of hydrogen-bond donors (Lipinski definition) is 0. The third kappa shape index (κ3) is 4.91. The summed E-state index contributed by atoms with van der Waals surface area (Å²) in [4.78, 5) is 21.1. The summed E-state index contributed by atoms with van der Waals surface area (Å²) < 4.78 is 1.13. The van der Waals surface area contributed by atoms with E-state index in [0.717, 1.165) is 32.2 Å². The van der Waals surface area contributed by atoms with Gasteiger partial charge in [0.2, 0.25) is 5.91 Å². The van der Waals surface area contributed by atoms with Gasteiger partial charge in [-0.05, 0) is 48.7 Å². The van der Waals surface area contributed by atoms with Crippen molar-refractivity contribution in [2.45, 2.75) is 31.7 Å². The number of carbonyl (C=O) groups is 1. The highest BCUT2D eigenvalue weighted by Crippen LogP contribution is 2.33. The molecule has 3 nitrogen and oxygen atoms in total. The second-order valence-corrected chi connectivity index (χ2v) is 9.48. The van der Waals surface area contributed by atoms with Crippen LogP contribution in [0.5, 0.6) is 0 Å². The molecule has 1 aromatic heterocycles. The molecule has 0 N–H and O–H groups in total. The first-order valence-electron chi connectivity index (χ1n) is 10.00. The molecule has 0 aliphatic carbocycles. The Labute approximate surface area is 185 Å². The number of aromatic nitrogens is 1. The molecule has 0 atom stereocenters. The van der Waals surface area contributed by atoms with E-state index in [2.05, 4.69) is 50.2 Å². The number of aryl methyl sites for hydroxylation is 2. The van der Waals surface area contributed by atoms with Gasteiger partial charge in [0.25, 0.3) is 0 Å². The molecule has 0 saturated heterocycles. The largest absolute Gasteiger partial charge is 0.284 e. The fraction of sp³-hybridized carbons (Fsp3) is 0.200. The van der Waals surface area contributed by atoms with Crippen molar-refractivity contribution in [1.82, 2.24) is 4.98 Å². The van der Waals surface area contributed by atoms with Gasteiger partial charge in [0.15, 0.2) is 5.13 Å². The number of anilines is 1. The molecular weight excluding hydrogens is 408 g/mol. The van der Waals surface area contributed by atoms with Gasteiger partial charge in [0, 0.05) is 17.1 Å². The Hall–Kier alpha value is -2.63. The van der Waals surface area contributed by atoms with E-state index in [1.54, 1.807) is 23.1 Å². The average Bonchev–Trinajstić information content (AvgIpc) is 3.17. The van der Waals surface area contributed by atoms with Crippen molar-refractivity contribution >= 4 is 44.4 Å². The molecule has 1 amide bonds. The minimum atomic E-state index is 0.107. The maximum Gasteiger partial charge on any atom is 0.229 e. The fourth-order valence-corrected chi connectivity index (χ4v) is 5.43. The molecule has 0 fully saturated rings. The van der Waals surface area contributed by atoms with E-state index in [0.29, 0.717) is 13.0 Å². The molecule has 1 heterocycles. The molecule has 3 aromatic carbocycles. The van der Waals surface area contributed by atoms with E-state index in [1.807, 2.05) is 41.3 Å². The number of amides is 1. The first-order chi connectivity index (χ1) is 14.6. The Balaban J connectivity index is 1.57.